The second kappa shape index (κ2) is 4.18. The van der Waals surface area contributed by atoms with Crippen molar-refractivity contribution in [1.82, 2.24) is 4.98 Å². The molecule has 0 radical (unpaired) electrons. The van der Waals surface area contributed by atoms with Crippen LogP contribution in [0.1, 0.15) is 17.6 Å². The van der Waals surface area contributed by atoms with E-state index in [9.17, 15) is 26.3 Å². The summed E-state index contributed by atoms with van der Waals surface area (Å²) in [7, 11) is 0.904. The molecule has 0 amide bonds. The fraction of sp³-hybridized carbons (Fsp3) is 0.375. The highest BCUT2D eigenvalue weighted by atomic mass is 19.4. The molecule has 0 unspecified atom stereocenters. The first kappa shape index (κ1) is 12.6. The van der Waals surface area contributed by atoms with Crippen LogP contribution in [0.5, 0.6) is 5.88 Å². The van der Waals surface area contributed by atoms with Gasteiger partial charge in [0.1, 0.15) is 5.56 Å². The summed E-state index contributed by atoms with van der Waals surface area (Å²) in [6.07, 6.45) is -8.31. The third-order valence-electron chi connectivity index (χ3n) is 1.70. The van der Waals surface area contributed by atoms with Crippen LogP contribution in [0.2, 0.25) is 0 Å². The third kappa shape index (κ3) is 2.37. The number of ether oxygens (including phenoxy) is 1. The molecule has 0 aliphatic carbocycles. The molecule has 0 aliphatic heterocycles. The molecule has 0 spiro atoms. The minimum atomic E-state index is -5.08. The Hall–Kier alpha value is -1.47. The van der Waals surface area contributed by atoms with E-state index in [2.05, 4.69) is 9.72 Å². The van der Waals surface area contributed by atoms with Gasteiger partial charge in [0.25, 0.3) is 6.43 Å². The largest absolute Gasteiger partial charge is 0.481 e. The van der Waals surface area contributed by atoms with Gasteiger partial charge >= 0.3 is 6.18 Å². The maximum atomic E-state index is 12.8. The SMILES string of the molecule is COc1nc(F)c(C(F)(F)F)cc1C(F)F. The van der Waals surface area contributed by atoms with Crippen molar-refractivity contribution in [2.24, 2.45) is 0 Å². The zero-order valence-corrected chi connectivity index (χ0v) is 7.78. The standard InChI is InChI=1S/C8H5F6NO/c1-16-7-3(5(9)10)2-4(6(11)15-7)8(12,13)14/h2,5H,1H3. The number of hydrogen-bond acceptors (Lipinski definition) is 2. The molecule has 1 heterocycles. The molecule has 1 rings (SSSR count). The Kier molecular flexibility index (Phi) is 3.30. The Labute approximate surface area is 85.9 Å². The van der Waals surface area contributed by atoms with Gasteiger partial charge in [-0.2, -0.15) is 22.5 Å². The predicted octanol–water partition coefficient (Wildman–Crippen LogP) is 3.19. The van der Waals surface area contributed by atoms with Gasteiger partial charge in [-0.1, -0.05) is 0 Å². The van der Waals surface area contributed by atoms with Crippen molar-refractivity contribution in [3.8, 4) is 5.88 Å². The Morgan fingerprint density at radius 1 is 1.31 bits per heavy atom. The normalized spacial score (nSPS) is 12.0. The van der Waals surface area contributed by atoms with Crippen molar-refractivity contribution >= 4 is 0 Å². The summed E-state index contributed by atoms with van der Waals surface area (Å²) < 4.78 is 78.2. The first-order chi connectivity index (χ1) is 7.27. The molecule has 0 aliphatic rings. The van der Waals surface area contributed by atoms with Gasteiger partial charge in [0, 0.05) is 0 Å². The minimum Gasteiger partial charge on any atom is -0.481 e. The number of nitrogens with zero attached hydrogens (tertiary/aromatic N) is 1. The molecule has 0 saturated heterocycles. The van der Waals surface area contributed by atoms with Crippen molar-refractivity contribution in [3.63, 3.8) is 0 Å². The zero-order chi connectivity index (χ0) is 12.5. The van der Waals surface area contributed by atoms with E-state index in [1.165, 1.54) is 0 Å². The number of halogens is 6. The Balaban J connectivity index is 3.39. The number of rotatable bonds is 2. The van der Waals surface area contributed by atoms with E-state index in [4.69, 9.17) is 0 Å². The van der Waals surface area contributed by atoms with Crippen LogP contribution in [-0.2, 0) is 6.18 Å². The zero-order valence-electron chi connectivity index (χ0n) is 7.78. The lowest BCUT2D eigenvalue weighted by Gasteiger charge is -2.12. The highest BCUT2D eigenvalue weighted by Gasteiger charge is 2.37. The average Bonchev–Trinajstić information content (AvgIpc) is 2.14. The van der Waals surface area contributed by atoms with E-state index < -0.39 is 35.6 Å². The summed E-state index contributed by atoms with van der Waals surface area (Å²) in [4.78, 5) is 2.69. The maximum absolute atomic E-state index is 12.8. The predicted molar refractivity (Wildman–Crippen MR) is 40.7 cm³/mol. The number of methoxy groups -OCH3 is 1. The molecule has 0 fully saturated rings. The molecule has 0 bridgehead atoms. The Morgan fingerprint density at radius 3 is 2.25 bits per heavy atom. The third-order valence-corrected chi connectivity index (χ3v) is 1.70. The lowest BCUT2D eigenvalue weighted by atomic mass is 10.2. The average molecular weight is 245 g/mol. The molecule has 0 atom stereocenters. The molecule has 8 heteroatoms. The molecule has 1 aromatic rings. The smallest absolute Gasteiger partial charge is 0.420 e. The second-order valence-corrected chi connectivity index (χ2v) is 2.72. The number of aromatic nitrogens is 1. The number of pyridine rings is 1. The summed E-state index contributed by atoms with van der Waals surface area (Å²) in [6.45, 7) is 0. The van der Waals surface area contributed by atoms with Gasteiger partial charge in [-0.25, -0.2) is 8.78 Å². The summed E-state index contributed by atoms with van der Waals surface area (Å²) in [6, 6.07) is -0.00810. The van der Waals surface area contributed by atoms with Crippen molar-refractivity contribution < 1.29 is 31.1 Å². The van der Waals surface area contributed by atoms with Crippen LogP contribution in [0.4, 0.5) is 26.3 Å². The molecule has 0 N–H and O–H groups in total. The highest BCUT2D eigenvalue weighted by Crippen LogP contribution is 2.36. The Bertz CT molecular complexity index is 389. The highest BCUT2D eigenvalue weighted by molar-refractivity contribution is 5.33. The lowest BCUT2D eigenvalue weighted by molar-refractivity contribution is -0.140. The monoisotopic (exact) mass is 245 g/mol. The lowest BCUT2D eigenvalue weighted by Crippen LogP contribution is -2.12. The van der Waals surface area contributed by atoms with Gasteiger partial charge in [-0.3, -0.25) is 0 Å². The Morgan fingerprint density at radius 2 is 1.88 bits per heavy atom. The van der Waals surface area contributed by atoms with Crippen molar-refractivity contribution in [2.45, 2.75) is 12.6 Å². The van der Waals surface area contributed by atoms with Gasteiger partial charge in [0.2, 0.25) is 11.8 Å². The summed E-state index contributed by atoms with van der Waals surface area (Å²) in [5, 5.41) is 0. The van der Waals surface area contributed by atoms with Crippen LogP contribution in [0, 0.1) is 5.95 Å². The van der Waals surface area contributed by atoms with Crippen LogP contribution >= 0.6 is 0 Å². The van der Waals surface area contributed by atoms with Gasteiger partial charge in [-0.05, 0) is 6.07 Å². The number of alkyl halides is 5. The van der Waals surface area contributed by atoms with E-state index in [1.54, 1.807) is 0 Å². The minimum absolute atomic E-state index is 0.00810. The van der Waals surface area contributed by atoms with Crippen LogP contribution in [-0.4, -0.2) is 12.1 Å². The van der Waals surface area contributed by atoms with Gasteiger partial charge in [0.15, 0.2) is 0 Å². The molecule has 0 aromatic carbocycles. The molecular weight excluding hydrogens is 240 g/mol. The van der Waals surface area contributed by atoms with Crippen molar-refractivity contribution in [2.75, 3.05) is 7.11 Å². The first-order valence-electron chi connectivity index (χ1n) is 3.87. The van der Waals surface area contributed by atoms with Crippen LogP contribution in [0.25, 0.3) is 0 Å². The van der Waals surface area contributed by atoms with Crippen LogP contribution < -0.4 is 4.74 Å². The topological polar surface area (TPSA) is 22.1 Å². The second-order valence-electron chi connectivity index (χ2n) is 2.72. The molecule has 2 nitrogen and oxygen atoms in total. The van der Waals surface area contributed by atoms with Gasteiger partial charge < -0.3 is 4.74 Å². The van der Waals surface area contributed by atoms with E-state index >= 15 is 0 Å². The molecule has 90 valence electrons. The van der Waals surface area contributed by atoms with Crippen LogP contribution in [0.3, 0.4) is 0 Å². The summed E-state index contributed by atoms with van der Waals surface area (Å²) in [5.41, 5.74) is -2.94. The van der Waals surface area contributed by atoms with Gasteiger partial charge in [-0.15, -0.1) is 0 Å². The van der Waals surface area contributed by atoms with Crippen LogP contribution in [0.15, 0.2) is 6.07 Å². The first-order valence-corrected chi connectivity index (χ1v) is 3.87. The van der Waals surface area contributed by atoms with Crippen molar-refractivity contribution in [1.29, 1.82) is 0 Å². The van der Waals surface area contributed by atoms with Crippen molar-refractivity contribution in [3.05, 3.63) is 23.1 Å². The van der Waals surface area contributed by atoms with Gasteiger partial charge in [0.05, 0.1) is 12.7 Å². The molecular formula is C8H5F6NO. The summed E-state index contributed by atoms with van der Waals surface area (Å²) >= 11 is 0. The van der Waals surface area contributed by atoms with E-state index in [0.29, 0.717) is 0 Å². The summed E-state index contributed by atoms with van der Waals surface area (Å²) in [5.74, 6) is -2.76. The quantitative estimate of drug-likeness (QED) is 0.589. The van der Waals surface area contributed by atoms with E-state index in [0.717, 1.165) is 7.11 Å². The molecule has 1 aromatic heterocycles. The van der Waals surface area contributed by atoms with E-state index in [-0.39, 0.29) is 6.07 Å². The maximum Gasteiger partial charge on any atom is 0.420 e. The fourth-order valence-corrected chi connectivity index (χ4v) is 1.01. The molecule has 0 saturated carbocycles. The fourth-order valence-electron chi connectivity index (χ4n) is 1.01. The van der Waals surface area contributed by atoms with E-state index in [1.807, 2.05) is 0 Å². The number of hydrogen-bond donors (Lipinski definition) is 0. The molecule has 16 heavy (non-hydrogen) atoms.